The molecule has 0 aliphatic carbocycles. The van der Waals surface area contributed by atoms with Gasteiger partial charge in [-0.3, -0.25) is 24.3 Å². The van der Waals surface area contributed by atoms with E-state index in [0.717, 1.165) is 0 Å². The van der Waals surface area contributed by atoms with Crippen LogP contribution in [0.25, 0.3) is 22.0 Å². The molecule has 0 saturated carbocycles. The summed E-state index contributed by atoms with van der Waals surface area (Å²) < 4.78 is 11.7. The average Bonchev–Trinajstić information content (AvgIpc) is 3.08. The van der Waals surface area contributed by atoms with Crippen LogP contribution in [-0.4, -0.2) is 25.4 Å². The van der Waals surface area contributed by atoms with E-state index in [2.05, 4.69) is 9.97 Å². The first-order valence-corrected chi connectivity index (χ1v) is 9.79. The molecule has 0 saturated heterocycles. The quantitative estimate of drug-likeness (QED) is 0.263. The molecule has 0 amide bonds. The van der Waals surface area contributed by atoms with Crippen molar-refractivity contribution in [2.24, 2.45) is 0 Å². The van der Waals surface area contributed by atoms with Gasteiger partial charge in [0.2, 0.25) is 0 Å². The van der Waals surface area contributed by atoms with Gasteiger partial charge in [0.15, 0.2) is 17.5 Å². The lowest BCUT2D eigenvalue weighted by Crippen LogP contribution is -2.18. The topological polar surface area (TPSA) is 150 Å². The minimum absolute atomic E-state index is 0.00818. The monoisotopic (exact) mass is 438 g/mol. The number of non-ortho nitro benzene ring substituents is 1. The molecule has 164 valence electrons. The number of aryl methyl sites for hydroxylation is 1. The van der Waals surface area contributed by atoms with Gasteiger partial charge in [0.05, 0.1) is 27.4 Å². The summed E-state index contributed by atoms with van der Waals surface area (Å²) in [6.45, 7) is 1.77. The van der Waals surface area contributed by atoms with Crippen molar-refractivity contribution in [2.75, 3.05) is 0 Å². The zero-order valence-electron chi connectivity index (χ0n) is 16.9. The van der Waals surface area contributed by atoms with Crippen LogP contribution in [0.3, 0.4) is 0 Å². The number of para-hydroxylation sites is 1. The standard InChI is InChI=1S/C21H18N4O7/c1-12(19-22-15-6-3-2-5-14(15)20(27)23-19)31-18(26)7-4-10-24-16-9-8-13(25(29)30)11-17(16)32-21(24)28/h2-3,5-6,8-9,11-12H,4,7,10H2,1H3,(H,22,23,27). The molecule has 0 spiro atoms. The number of carbonyl (C=O) groups is 1. The van der Waals surface area contributed by atoms with Gasteiger partial charge in [-0.1, -0.05) is 12.1 Å². The largest absolute Gasteiger partial charge is 0.454 e. The van der Waals surface area contributed by atoms with E-state index in [0.29, 0.717) is 16.4 Å². The van der Waals surface area contributed by atoms with Crippen LogP contribution in [0, 0.1) is 10.1 Å². The molecule has 0 fully saturated rings. The van der Waals surface area contributed by atoms with Crippen LogP contribution in [0.4, 0.5) is 5.69 Å². The second-order valence-corrected chi connectivity index (χ2v) is 7.13. The first-order chi connectivity index (χ1) is 15.3. The number of benzene rings is 2. The van der Waals surface area contributed by atoms with Crippen molar-refractivity contribution in [2.45, 2.75) is 32.4 Å². The lowest BCUT2D eigenvalue weighted by atomic mass is 10.2. The highest BCUT2D eigenvalue weighted by molar-refractivity contribution is 5.77. The predicted octanol–water partition coefficient (Wildman–Crippen LogP) is 2.82. The third-order valence-corrected chi connectivity index (χ3v) is 4.95. The summed E-state index contributed by atoms with van der Waals surface area (Å²) in [5, 5.41) is 11.3. The minimum atomic E-state index is -0.766. The molecule has 2 aromatic heterocycles. The molecular weight excluding hydrogens is 420 g/mol. The van der Waals surface area contributed by atoms with Gasteiger partial charge in [-0.2, -0.15) is 0 Å². The number of aromatic amines is 1. The summed E-state index contributed by atoms with van der Waals surface area (Å²) in [6.07, 6.45) is -0.481. The number of hydrogen-bond acceptors (Lipinski definition) is 8. The van der Waals surface area contributed by atoms with Crippen molar-refractivity contribution in [3.8, 4) is 0 Å². The van der Waals surface area contributed by atoms with Crippen molar-refractivity contribution in [1.82, 2.24) is 14.5 Å². The smallest absolute Gasteiger partial charge is 0.419 e. The number of aromatic nitrogens is 3. The van der Waals surface area contributed by atoms with Gasteiger partial charge in [-0.05, 0) is 31.5 Å². The Morgan fingerprint density at radius 3 is 2.84 bits per heavy atom. The number of nitro benzene ring substituents is 1. The Morgan fingerprint density at radius 2 is 2.06 bits per heavy atom. The average molecular weight is 438 g/mol. The summed E-state index contributed by atoms with van der Waals surface area (Å²) in [4.78, 5) is 53.7. The molecule has 4 aromatic rings. The third kappa shape index (κ3) is 4.13. The maximum atomic E-state index is 12.2. The van der Waals surface area contributed by atoms with E-state index in [4.69, 9.17) is 9.15 Å². The molecule has 1 unspecified atom stereocenters. The fourth-order valence-corrected chi connectivity index (χ4v) is 3.37. The Morgan fingerprint density at radius 1 is 1.28 bits per heavy atom. The van der Waals surface area contributed by atoms with Crippen LogP contribution in [0.15, 0.2) is 56.5 Å². The van der Waals surface area contributed by atoms with Crippen LogP contribution < -0.4 is 11.3 Å². The summed E-state index contributed by atoms with van der Waals surface area (Å²) in [7, 11) is 0. The number of hydrogen-bond donors (Lipinski definition) is 1. The van der Waals surface area contributed by atoms with E-state index in [1.807, 2.05) is 0 Å². The molecule has 0 radical (unpaired) electrons. The van der Waals surface area contributed by atoms with Crippen molar-refractivity contribution < 1.29 is 18.9 Å². The Balaban J connectivity index is 1.39. The number of fused-ring (bicyclic) bond motifs is 2. The molecule has 11 heteroatoms. The Kier molecular flexibility index (Phi) is 5.54. The highest BCUT2D eigenvalue weighted by atomic mass is 16.6. The number of nitro groups is 1. The summed E-state index contributed by atoms with van der Waals surface area (Å²) in [6, 6.07) is 10.7. The molecule has 1 atom stereocenters. The van der Waals surface area contributed by atoms with Crippen LogP contribution in [0.1, 0.15) is 31.7 Å². The van der Waals surface area contributed by atoms with E-state index >= 15 is 0 Å². The summed E-state index contributed by atoms with van der Waals surface area (Å²) >= 11 is 0. The number of H-pyrrole nitrogens is 1. The van der Waals surface area contributed by atoms with Gasteiger partial charge in [-0.15, -0.1) is 0 Å². The number of oxazole rings is 1. The van der Waals surface area contributed by atoms with Gasteiger partial charge in [-0.25, -0.2) is 9.78 Å². The first-order valence-electron chi connectivity index (χ1n) is 9.79. The van der Waals surface area contributed by atoms with Crippen LogP contribution in [0.2, 0.25) is 0 Å². The lowest BCUT2D eigenvalue weighted by molar-refractivity contribution is -0.384. The minimum Gasteiger partial charge on any atom is -0.454 e. The van der Waals surface area contributed by atoms with E-state index in [1.54, 1.807) is 31.2 Å². The maximum Gasteiger partial charge on any atom is 0.419 e. The molecule has 4 rings (SSSR count). The number of rotatable bonds is 7. The molecule has 2 aromatic carbocycles. The highest BCUT2D eigenvalue weighted by Gasteiger charge is 2.17. The Labute approximate surface area is 179 Å². The molecule has 2 heterocycles. The van der Waals surface area contributed by atoms with E-state index in [9.17, 15) is 24.5 Å². The van der Waals surface area contributed by atoms with Crippen LogP contribution in [-0.2, 0) is 16.1 Å². The predicted molar refractivity (Wildman–Crippen MR) is 113 cm³/mol. The van der Waals surface area contributed by atoms with Crippen LogP contribution >= 0.6 is 0 Å². The van der Waals surface area contributed by atoms with Gasteiger partial charge in [0.25, 0.3) is 11.2 Å². The molecule has 0 aliphatic heterocycles. The number of esters is 1. The molecule has 0 aliphatic rings. The second kappa shape index (κ2) is 8.46. The lowest BCUT2D eigenvalue weighted by Gasteiger charge is -2.13. The third-order valence-electron chi connectivity index (χ3n) is 4.95. The molecule has 0 bridgehead atoms. The van der Waals surface area contributed by atoms with E-state index < -0.39 is 22.8 Å². The number of carbonyl (C=O) groups excluding carboxylic acids is 1. The van der Waals surface area contributed by atoms with Crippen molar-refractivity contribution >= 4 is 33.7 Å². The Hall–Kier alpha value is -4.28. The van der Waals surface area contributed by atoms with Gasteiger partial charge < -0.3 is 14.1 Å². The fraction of sp³-hybridized carbons (Fsp3) is 0.238. The SMILES string of the molecule is CC(OC(=O)CCCn1c(=O)oc2cc([N+](=O)[O-])ccc21)c1nc2ccccc2c(=O)[nH]1. The van der Waals surface area contributed by atoms with Gasteiger partial charge >= 0.3 is 11.7 Å². The second-order valence-electron chi connectivity index (χ2n) is 7.13. The number of nitrogens with one attached hydrogen (secondary N) is 1. The Bertz CT molecular complexity index is 1450. The summed E-state index contributed by atoms with van der Waals surface area (Å²) in [5.41, 5.74) is 0.504. The summed E-state index contributed by atoms with van der Waals surface area (Å²) in [5.74, 6) is -0.953. The van der Waals surface area contributed by atoms with Crippen molar-refractivity contribution in [1.29, 1.82) is 0 Å². The molecule has 32 heavy (non-hydrogen) atoms. The van der Waals surface area contributed by atoms with Gasteiger partial charge in [0, 0.05) is 19.0 Å². The van der Waals surface area contributed by atoms with E-state index in [1.165, 1.54) is 22.8 Å². The number of nitrogens with zero attached hydrogens (tertiary/aromatic N) is 3. The van der Waals surface area contributed by atoms with E-state index in [-0.39, 0.29) is 42.0 Å². The normalized spacial score (nSPS) is 12.2. The molecular formula is C21H18N4O7. The van der Waals surface area contributed by atoms with Crippen LogP contribution in [0.5, 0.6) is 0 Å². The zero-order valence-corrected chi connectivity index (χ0v) is 16.9. The maximum absolute atomic E-state index is 12.2. The highest BCUT2D eigenvalue weighted by Crippen LogP contribution is 2.21. The van der Waals surface area contributed by atoms with Crippen molar-refractivity contribution in [3.05, 3.63) is 79.3 Å². The fourth-order valence-electron chi connectivity index (χ4n) is 3.37. The number of ether oxygens (including phenoxy) is 1. The van der Waals surface area contributed by atoms with Crippen molar-refractivity contribution in [3.63, 3.8) is 0 Å². The molecule has 1 N–H and O–H groups in total. The first kappa shape index (κ1) is 21.0. The van der Waals surface area contributed by atoms with Gasteiger partial charge in [0.1, 0.15) is 0 Å². The molecule has 11 nitrogen and oxygen atoms in total. The zero-order chi connectivity index (χ0) is 22.8.